The van der Waals surface area contributed by atoms with Crippen molar-refractivity contribution in [2.45, 2.75) is 13.0 Å². The molecule has 25 heavy (non-hydrogen) atoms. The van der Waals surface area contributed by atoms with Crippen LogP contribution in [-0.4, -0.2) is 23.1 Å². The number of rotatable bonds is 6. The van der Waals surface area contributed by atoms with Crippen LogP contribution in [0.3, 0.4) is 0 Å². The smallest absolute Gasteiger partial charge is 0.288 e. The highest BCUT2D eigenvalue weighted by Gasteiger charge is 2.14. The SMILES string of the molecule is CC(Oc1ccc(Cl)cc1)C(=O)N/N=C/c1ccc(Cl)c([N+](=O)[O-])c1. The van der Waals surface area contributed by atoms with Crippen molar-refractivity contribution in [2.75, 3.05) is 0 Å². The monoisotopic (exact) mass is 381 g/mol. The molecule has 0 spiro atoms. The molecule has 0 aliphatic heterocycles. The van der Waals surface area contributed by atoms with Crippen LogP contribution in [0.5, 0.6) is 5.75 Å². The van der Waals surface area contributed by atoms with Gasteiger partial charge < -0.3 is 4.74 Å². The highest BCUT2D eigenvalue weighted by molar-refractivity contribution is 6.32. The lowest BCUT2D eigenvalue weighted by Crippen LogP contribution is -2.33. The van der Waals surface area contributed by atoms with Gasteiger partial charge in [0.1, 0.15) is 10.8 Å². The molecular formula is C16H13Cl2N3O4. The van der Waals surface area contributed by atoms with Crippen LogP contribution in [0.1, 0.15) is 12.5 Å². The van der Waals surface area contributed by atoms with Gasteiger partial charge in [-0.25, -0.2) is 5.43 Å². The minimum absolute atomic E-state index is 0.0242. The number of hydrazone groups is 1. The zero-order chi connectivity index (χ0) is 18.4. The lowest BCUT2D eigenvalue weighted by atomic mass is 10.2. The van der Waals surface area contributed by atoms with Gasteiger partial charge in [0, 0.05) is 16.7 Å². The predicted molar refractivity (Wildman–Crippen MR) is 95.4 cm³/mol. The number of carbonyl (C=O) groups excluding carboxylic acids is 1. The van der Waals surface area contributed by atoms with Gasteiger partial charge in [0.15, 0.2) is 6.10 Å². The van der Waals surface area contributed by atoms with E-state index >= 15 is 0 Å². The Hall–Kier alpha value is -2.64. The van der Waals surface area contributed by atoms with Gasteiger partial charge in [-0.15, -0.1) is 0 Å². The van der Waals surface area contributed by atoms with Crippen LogP contribution in [0, 0.1) is 10.1 Å². The Bertz CT molecular complexity index is 810. The van der Waals surface area contributed by atoms with E-state index in [9.17, 15) is 14.9 Å². The number of halogens is 2. The van der Waals surface area contributed by atoms with E-state index in [4.69, 9.17) is 27.9 Å². The van der Waals surface area contributed by atoms with Crippen LogP contribution in [0.15, 0.2) is 47.6 Å². The molecule has 9 heteroatoms. The van der Waals surface area contributed by atoms with Crippen molar-refractivity contribution in [2.24, 2.45) is 5.10 Å². The fourth-order valence-electron chi connectivity index (χ4n) is 1.78. The number of nitro groups is 1. The quantitative estimate of drug-likeness (QED) is 0.467. The highest BCUT2D eigenvalue weighted by atomic mass is 35.5. The van der Waals surface area contributed by atoms with Gasteiger partial charge in [-0.1, -0.05) is 29.3 Å². The fourth-order valence-corrected chi connectivity index (χ4v) is 2.09. The molecule has 2 aromatic rings. The number of amides is 1. The third-order valence-corrected chi connectivity index (χ3v) is 3.62. The number of nitro benzene ring substituents is 1. The van der Waals surface area contributed by atoms with Gasteiger partial charge in [0.25, 0.3) is 11.6 Å². The summed E-state index contributed by atoms with van der Waals surface area (Å²) in [4.78, 5) is 22.2. The van der Waals surface area contributed by atoms with Gasteiger partial charge in [0.05, 0.1) is 11.1 Å². The third-order valence-electron chi connectivity index (χ3n) is 3.05. The highest BCUT2D eigenvalue weighted by Crippen LogP contribution is 2.24. The van der Waals surface area contributed by atoms with E-state index in [-0.39, 0.29) is 10.7 Å². The maximum Gasteiger partial charge on any atom is 0.288 e. The number of carbonyl (C=O) groups is 1. The van der Waals surface area contributed by atoms with Gasteiger partial charge in [-0.05, 0) is 37.3 Å². The maximum atomic E-state index is 11.9. The third kappa shape index (κ3) is 5.44. The van der Waals surface area contributed by atoms with Crippen LogP contribution in [-0.2, 0) is 4.79 Å². The lowest BCUT2D eigenvalue weighted by Gasteiger charge is -2.12. The molecule has 1 N–H and O–H groups in total. The topological polar surface area (TPSA) is 93.8 Å². The molecule has 0 heterocycles. The van der Waals surface area contributed by atoms with Gasteiger partial charge in [0.2, 0.25) is 0 Å². The van der Waals surface area contributed by atoms with Crippen molar-refractivity contribution in [3.63, 3.8) is 0 Å². The van der Waals surface area contributed by atoms with Crippen molar-refractivity contribution < 1.29 is 14.5 Å². The number of hydrogen-bond donors (Lipinski definition) is 1. The Balaban J connectivity index is 1.94. The van der Waals surface area contributed by atoms with E-state index in [1.807, 2.05) is 0 Å². The van der Waals surface area contributed by atoms with Crippen LogP contribution in [0.2, 0.25) is 10.0 Å². The first-order valence-electron chi connectivity index (χ1n) is 7.06. The summed E-state index contributed by atoms with van der Waals surface area (Å²) >= 11 is 11.5. The summed E-state index contributed by atoms with van der Waals surface area (Å²) < 4.78 is 5.45. The van der Waals surface area contributed by atoms with Crippen LogP contribution in [0.25, 0.3) is 0 Å². The van der Waals surface area contributed by atoms with E-state index in [1.54, 1.807) is 37.3 Å². The Kier molecular flexibility index (Phi) is 6.32. The molecule has 7 nitrogen and oxygen atoms in total. The van der Waals surface area contributed by atoms with Crippen molar-refractivity contribution in [1.29, 1.82) is 0 Å². The first-order chi connectivity index (χ1) is 11.9. The minimum Gasteiger partial charge on any atom is -0.481 e. The lowest BCUT2D eigenvalue weighted by molar-refractivity contribution is -0.384. The molecule has 1 unspecified atom stereocenters. The zero-order valence-electron chi connectivity index (χ0n) is 13.0. The fraction of sp³-hybridized carbons (Fsp3) is 0.125. The number of ether oxygens (including phenoxy) is 1. The summed E-state index contributed by atoms with van der Waals surface area (Å²) in [6.07, 6.45) is 0.480. The Morgan fingerprint density at radius 2 is 1.96 bits per heavy atom. The molecular weight excluding hydrogens is 369 g/mol. The average Bonchev–Trinajstić information content (AvgIpc) is 2.58. The van der Waals surface area contributed by atoms with E-state index in [1.165, 1.54) is 18.3 Å². The molecule has 0 fully saturated rings. The molecule has 0 aliphatic carbocycles. The number of benzene rings is 2. The van der Waals surface area contributed by atoms with E-state index in [2.05, 4.69) is 10.5 Å². The second-order valence-electron chi connectivity index (χ2n) is 4.92. The molecule has 0 aromatic heterocycles. The van der Waals surface area contributed by atoms with Crippen LogP contribution in [0.4, 0.5) is 5.69 Å². The van der Waals surface area contributed by atoms with Crippen molar-refractivity contribution >= 4 is 41.0 Å². The van der Waals surface area contributed by atoms with Crippen molar-refractivity contribution in [1.82, 2.24) is 5.43 Å². The molecule has 1 amide bonds. The standard InChI is InChI=1S/C16H13Cl2N3O4/c1-10(25-13-5-3-12(17)4-6-13)16(22)20-19-9-11-2-7-14(18)15(8-11)21(23)24/h2-10H,1H3,(H,20,22)/b19-9+. The molecule has 1 atom stereocenters. The van der Waals surface area contributed by atoms with Gasteiger partial charge in [-0.3, -0.25) is 14.9 Å². The Morgan fingerprint density at radius 1 is 1.28 bits per heavy atom. The van der Waals surface area contributed by atoms with Gasteiger partial charge >= 0.3 is 0 Å². The molecule has 0 saturated heterocycles. The van der Waals surface area contributed by atoms with Crippen LogP contribution < -0.4 is 10.2 Å². The number of hydrogen-bond acceptors (Lipinski definition) is 5. The zero-order valence-corrected chi connectivity index (χ0v) is 14.5. The number of nitrogens with zero attached hydrogens (tertiary/aromatic N) is 2. The molecule has 0 radical (unpaired) electrons. The van der Waals surface area contributed by atoms with Gasteiger partial charge in [-0.2, -0.15) is 5.10 Å². The summed E-state index contributed by atoms with van der Waals surface area (Å²) in [7, 11) is 0. The van der Waals surface area contributed by atoms with Crippen molar-refractivity contribution in [3.8, 4) is 5.75 Å². The second kappa shape index (κ2) is 8.46. The molecule has 0 aliphatic rings. The maximum absolute atomic E-state index is 11.9. The number of nitrogens with one attached hydrogen (secondary N) is 1. The Morgan fingerprint density at radius 3 is 2.60 bits per heavy atom. The largest absolute Gasteiger partial charge is 0.481 e. The average molecular weight is 382 g/mol. The Labute approximate surface area is 153 Å². The predicted octanol–water partition coefficient (Wildman–Crippen LogP) is 3.82. The summed E-state index contributed by atoms with van der Waals surface area (Å²) in [5, 5.41) is 15.2. The molecule has 2 rings (SSSR count). The van der Waals surface area contributed by atoms with E-state index in [0.29, 0.717) is 16.3 Å². The van der Waals surface area contributed by atoms with E-state index < -0.39 is 16.9 Å². The van der Waals surface area contributed by atoms with Crippen LogP contribution >= 0.6 is 23.2 Å². The second-order valence-corrected chi connectivity index (χ2v) is 5.76. The molecule has 0 bridgehead atoms. The summed E-state index contributed by atoms with van der Waals surface area (Å²) in [5.41, 5.74) is 2.48. The molecule has 2 aromatic carbocycles. The summed E-state index contributed by atoms with van der Waals surface area (Å²) in [5.74, 6) is 0.0130. The van der Waals surface area contributed by atoms with Crippen molar-refractivity contribution in [3.05, 3.63) is 68.2 Å². The molecule has 130 valence electrons. The molecule has 0 saturated carbocycles. The van der Waals surface area contributed by atoms with E-state index in [0.717, 1.165) is 0 Å². The first-order valence-corrected chi connectivity index (χ1v) is 7.81. The summed E-state index contributed by atoms with van der Waals surface area (Å²) in [6.45, 7) is 1.56. The minimum atomic E-state index is -0.794. The first kappa shape index (κ1) is 18.7. The summed E-state index contributed by atoms with van der Waals surface area (Å²) in [6, 6.07) is 10.8. The normalized spacial score (nSPS) is 12.0.